The molecule has 0 saturated heterocycles. The third-order valence-corrected chi connectivity index (χ3v) is 4.61. The molecule has 0 aliphatic heterocycles. The van der Waals surface area contributed by atoms with Crippen LogP contribution < -0.4 is 10.6 Å². The van der Waals surface area contributed by atoms with Gasteiger partial charge in [0.25, 0.3) is 5.91 Å². The first-order chi connectivity index (χ1) is 10.3. The number of amides is 1. The summed E-state index contributed by atoms with van der Waals surface area (Å²) in [5, 5.41) is 6.57. The number of carbonyl (C=O) groups is 1. The topological polar surface area (TPSA) is 41.1 Å². The van der Waals surface area contributed by atoms with Crippen LogP contribution in [0.3, 0.4) is 0 Å². The number of nitrogens with one attached hydrogen (secondary N) is 2. The number of benzene rings is 1. The van der Waals surface area contributed by atoms with Crippen LogP contribution in [-0.4, -0.2) is 18.5 Å². The summed E-state index contributed by atoms with van der Waals surface area (Å²) in [4.78, 5) is 12.1. The van der Waals surface area contributed by atoms with Crippen LogP contribution in [0.5, 0.6) is 0 Å². The molecule has 1 aromatic rings. The molecule has 2 saturated carbocycles. The molecule has 2 fully saturated rings. The minimum absolute atomic E-state index is 0.0654. The highest BCUT2D eigenvalue weighted by molar-refractivity contribution is 5.95. The van der Waals surface area contributed by atoms with Gasteiger partial charge in [-0.15, -0.1) is 0 Å². The van der Waals surface area contributed by atoms with Crippen molar-refractivity contribution in [2.75, 3.05) is 11.9 Å². The average Bonchev–Trinajstić information content (AvgIpc) is 3.32. The lowest BCUT2D eigenvalue weighted by Crippen LogP contribution is -2.25. The molecule has 0 spiro atoms. The Bertz CT molecular complexity index is 474. The highest BCUT2D eigenvalue weighted by Gasteiger charge is 2.23. The predicted octanol–water partition coefficient (Wildman–Crippen LogP) is 3.96. The fraction of sp³-hybridized carbons (Fsp3) is 0.611. The van der Waals surface area contributed by atoms with Gasteiger partial charge in [0.05, 0.1) is 0 Å². The van der Waals surface area contributed by atoms with E-state index in [-0.39, 0.29) is 5.91 Å². The summed E-state index contributed by atoms with van der Waals surface area (Å²) in [6, 6.07) is 8.32. The quantitative estimate of drug-likeness (QED) is 0.804. The van der Waals surface area contributed by atoms with Gasteiger partial charge in [-0.2, -0.15) is 0 Å². The number of carbonyl (C=O) groups excluding carboxylic acids is 1. The van der Waals surface area contributed by atoms with E-state index in [2.05, 4.69) is 16.7 Å². The maximum atomic E-state index is 12.1. The molecule has 2 aliphatic carbocycles. The van der Waals surface area contributed by atoms with Crippen molar-refractivity contribution in [3.05, 3.63) is 29.8 Å². The molecule has 2 aliphatic rings. The minimum atomic E-state index is 0.0654. The van der Waals surface area contributed by atoms with Gasteiger partial charge < -0.3 is 10.6 Å². The monoisotopic (exact) mass is 286 g/mol. The van der Waals surface area contributed by atoms with E-state index in [9.17, 15) is 4.79 Å². The Labute approximate surface area is 127 Å². The largest absolute Gasteiger partial charge is 0.385 e. The SMILES string of the molecule is O=C(NC1CC1)c1cccc(NCC2CCCCCC2)c1. The number of hydrogen-bond donors (Lipinski definition) is 2. The molecule has 3 nitrogen and oxygen atoms in total. The number of anilines is 1. The van der Waals surface area contributed by atoms with Crippen LogP contribution in [0.15, 0.2) is 24.3 Å². The van der Waals surface area contributed by atoms with Crippen molar-refractivity contribution in [1.82, 2.24) is 5.32 Å². The average molecular weight is 286 g/mol. The molecular formula is C18H26N2O. The second kappa shape index (κ2) is 6.97. The molecule has 3 heteroatoms. The molecule has 1 amide bonds. The Kier molecular flexibility index (Phi) is 4.79. The molecule has 1 aromatic carbocycles. The Hall–Kier alpha value is -1.51. The standard InChI is InChI=1S/C18H26N2O/c21-18(20-16-10-11-16)15-8-5-9-17(12-15)19-13-14-6-3-1-2-4-7-14/h5,8-9,12,14,16,19H,1-4,6-7,10-11,13H2,(H,20,21). The van der Waals surface area contributed by atoms with Crippen LogP contribution in [0.1, 0.15) is 61.7 Å². The van der Waals surface area contributed by atoms with E-state index >= 15 is 0 Å². The van der Waals surface area contributed by atoms with Crippen molar-refractivity contribution in [3.63, 3.8) is 0 Å². The summed E-state index contributed by atoms with van der Waals surface area (Å²) < 4.78 is 0. The normalized spacial score (nSPS) is 19.8. The van der Waals surface area contributed by atoms with Gasteiger partial charge in [0, 0.05) is 23.8 Å². The van der Waals surface area contributed by atoms with E-state index in [1.54, 1.807) is 0 Å². The molecule has 0 aromatic heterocycles. The summed E-state index contributed by atoms with van der Waals surface area (Å²) in [5.74, 6) is 0.854. The van der Waals surface area contributed by atoms with Crippen LogP contribution >= 0.6 is 0 Å². The maximum absolute atomic E-state index is 12.1. The van der Waals surface area contributed by atoms with Gasteiger partial charge in [0.15, 0.2) is 0 Å². The Balaban J connectivity index is 1.53. The summed E-state index contributed by atoms with van der Waals surface area (Å²) >= 11 is 0. The fourth-order valence-corrected chi connectivity index (χ4v) is 3.10. The van der Waals surface area contributed by atoms with Crippen molar-refractivity contribution in [1.29, 1.82) is 0 Å². The van der Waals surface area contributed by atoms with E-state index in [4.69, 9.17) is 0 Å². The van der Waals surface area contributed by atoms with E-state index in [0.717, 1.165) is 36.6 Å². The molecule has 0 atom stereocenters. The van der Waals surface area contributed by atoms with Crippen molar-refractivity contribution in [2.24, 2.45) is 5.92 Å². The highest BCUT2D eigenvalue weighted by Crippen LogP contribution is 2.24. The van der Waals surface area contributed by atoms with Crippen LogP contribution in [-0.2, 0) is 0 Å². The van der Waals surface area contributed by atoms with E-state index in [0.29, 0.717) is 6.04 Å². The predicted molar refractivity (Wildman–Crippen MR) is 86.6 cm³/mol. The second-order valence-electron chi connectivity index (χ2n) is 6.57. The molecule has 0 radical (unpaired) electrons. The molecule has 2 N–H and O–H groups in total. The van der Waals surface area contributed by atoms with Gasteiger partial charge in [0.1, 0.15) is 0 Å². The molecule has 0 bridgehead atoms. The molecule has 114 valence electrons. The van der Waals surface area contributed by atoms with Crippen LogP contribution in [0.25, 0.3) is 0 Å². The molecule has 21 heavy (non-hydrogen) atoms. The lowest BCUT2D eigenvalue weighted by atomic mass is 10.0. The van der Waals surface area contributed by atoms with Gasteiger partial charge in [-0.1, -0.05) is 31.7 Å². The zero-order valence-electron chi connectivity index (χ0n) is 12.7. The maximum Gasteiger partial charge on any atom is 0.251 e. The smallest absolute Gasteiger partial charge is 0.251 e. The Morgan fingerprint density at radius 2 is 1.81 bits per heavy atom. The van der Waals surface area contributed by atoms with Gasteiger partial charge in [-0.3, -0.25) is 4.79 Å². The van der Waals surface area contributed by atoms with Crippen molar-refractivity contribution < 1.29 is 4.79 Å². The Morgan fingerprint density at radius 3 is 2.52 bits per heavy atom. The van der Waals surface area contributed by atoms with Crippen molar-refractivity contribution in [2.45, 2.75) is 57.4 Å². The lowest BCUT2D eigenvalue weighted by Gasteiger charge is -2.16. The number of rotatable bonds is 5. The highest BCUT2D eigenvalue weighted by atomic mass is 16.1. The molecular weight excluding hydrogens is 260 g/mol. The zero-order valence-corrected chi connectivity index (χ0v) is 12.7. The summed E-state index contributed by atoms with van der Waals surface area (Å²) in [6.45, 7) is 1.04. The van der Waals surface area contributed by atoms with Crippen molar-refractivity contribution in [3.8, 4) is 0 Å². The molecule has 0 unspecified atom stereocenters. The third kappa shape index (κ3) is 4.48. The second-order valence-corrected chi connectivity index (χ2v) is 6.57. The number of hydrogen-bond acceptors (Lipinski definition) is 2. The summed E-state index contributed by atoms with van der Waals surface area (Å²) in [5.41, 5.74) is 1.84. The molecule has 3 rings (SSSR count). The first kappa shape index (κ1) is 14.4. The minimum Gasteiger partial charge on any atom is -0.385 e. The summed E-state index contributed by atoms with van der Waals surface area (Å²) in [6.07, 6.45) is 10.5. The van der Waals surface area contributed by atoms with Crippen molar-refractivity contribution >= 4 is 11.6 Å². The zero-order chi connectivity index (χ0) is 14.5. The van der Waals surface area contributed by atoms with Crippen LogP contribution in [0, 0.1) is 5.92 Å². The first-order valence-electron chi connectivity index (χ1n) is 8.46. The van der Waals surface area contributed by atoms with E-state index in [1.165, 1.54) is 38.5 Å². The van der Waals surface area contributed by atoms with E-state index in [1.807, 2.05) is 18.2 Å². The van der Waals surface area contributed by atoms with Gasteiger partial charge >= 0.3 is 0 Å². The van der Waals surface area contributed by atoms with Crippen LogP contribution in [0.2, 0.25) is 0 Å². The van der Waals surface area contributed by atoms with Gasteiger partial charge in [-0.05, 0) is 49.8 Å². The van der Waals surface area contributed by atoms with E-state index < -0.39 is 0 Å². The Morgan fingerprint density at radius 1 is 1.05 bits per heavy atom. The van der Waals surface area contributed by atoms with Gasteiger partial charge in [0.2, 0.25) is 0 Å². The van der Waals surface area contributed by atoms with Gasteiger partial charge in [-0.25, -0.2) is 0 Å². The van der Waals surface area contributed by atoms with Crippen LogP contribution in [0.4, 0.5) is 5.69 Å². The summed E-state index contributed by atoms with van der Waals surface area (Å²) in [7, 11) is 0. The first-order valence-corrected chi connectivity index (χ1v) is 8.46. The lowest BCUT2D eigenvalue weighted by molar-refractivity contribution is 0.0951. The third-order valence-electron chi connectivity index (χ3n) is 4.61. The fourth-order valence-electron chi connectivity index (χ4n) is 3.10. The molecule has 0 heterocycles.